The molecule has 5 heteroatoms. The normalized spacial score (nSPS) is 20.9. The van der Waals surface area contributed by atoms with Gasteiger partial charge in [0.2, 0.25) is 0 Å². The van der Waals surface area contributed by atoms with E-state index in [9.17, 15) is 4.79 Å². The highest BCUT2D eigenvalue weighted by Crippen LogP contribution is 2.14. The highest BCUT2D eigenvalue weighted by Gasteiger charge is 2.21. The lowest BCUT2D eigenvalue weighted by atomic mass is 10.1. The first-order valence-corrected chi connectivity index (χ1v) is 6.81. The Hall–Kier alpha value is -1.46. The van der Waals surface area contributed by atoms with E-state index in [-0.39, 0.29) is 6.42 Å². The Bertz CT molecular complexity index is 397. The molecule has 0 amide bonds. The summed E-state index contributed by atoms with van der Waals surface area (Å²) in [4.78, 5) is 17.2. The Morgan fingerprint density at radius 1 is 1.47 bits per heavy atom. The van der Waals surface area contributed by atoms with Crippen molar-refractivity contribution in [1.82, 2.24) is 15.2 Å². The number of nitrogens with one attached hydrogen (secondary N) is 1. The van der Waals surface area contributed by atoms with Gasteiger partial charge in [-0.3, -0.25) is 14.7 Å². The van der Waals surface area contributed by atoms with E-state index >= 15 is 0 Å². The maximum atomic E-state index is 10.7. The van der Waals surface area contributed by atoms with Crippen LogP contribution in [0.15, 0.2) is 24.5 Å². The fraction of sp³-hybridized carbons (Fsp3) is 0.571. The van der Waals surface area contributed by atoms with Crippen LogP contribution < -0.4 is 5.32 Å². The maximum absolute atomic E-state index is 10.7. The van der Waals surface area contributed by atoms with Crippen molar-refractivity contribution in [3.05, 3.63) is 30.1 Å². The molecule has 5 nitrogen and oxygen atoms in total. The molecule has 0 saturated carbocycles. The van der Waals surface area contributed by atoms with E-state index in [0.29, 0.717) is 12.5 Å². The molecule has 2 N–H and O–H groups in total. The summed E-state index contributed by atoms with van der Waals surface area (Å²) in [5.74, 6) is -0.715. The van der Waals surface area contributed by atoms with Crippen molar-refractivity contribution in [2.24, 2.45) is 0 Å². The Balaban J connectivity index is 1.98. The van der Waals surface area contributed by atoms with Crippen LogP contribution in [0.5, 0.6) is 0 Å². The van der Waals surface area contributed by atoms with Gasteiger partial charge in [-0.25, -0.2) is 0 Å². The van der Waals surface area contributed by atoms with Crippen molar-refractivity contribution in [2.75, 3.05) is 19.6 Å². The molecule has 1 atom stereocenters. The van der Waals surface area contributed by atoms with Crippen LogP contribution in [0.3, 0.4) is 0 Å². The number of carbonyl (C=O) groups is 1. The van der Waals surface area contributed by atoms with Crippen LogP contribution in [0.25, 0.3) is 0 Å². The fourth-order valence-corrected chi connectivity index (χ4v) is 2.49. The second-order valence-electron chi connectivity index (χ2n) is 4.97. The number of rotatable bonds is 5. The summed E-state index contributed by atoms with van der Waals surface area (Å²) in [6.07, 6.45) is 5.65. The molecule has 0 aromatic carbocycles. The molecular formula is C14H21N3O2. The number of aliphatic carboxylic acids is 1. The number of nitrogens with zero attached hydrogens (tertiary/aromatic N) is 2. The third-order valence-corrected chi connectivity index (χ3v) is 3.52. The molecule has 1 aromatic heterocycles. The van der Waals surface area contributed by atoms with Crippen LogP contribution in [-0.2, 0) is 11.3 Å². The quantitative estimate of drug-likeness (QED) is 0.833. The summed E-state index contributed by atoms with van der Waals surface area (Å²) < 4.78 is 0. The molecule has 1 fully saturated rings. The first kappa shape index (κ1) is 14.0. The Labute approximate surface area is 113 Å². The molecular weight excluding hydrogens is 242 g/mol. The minimum Gasteiger partial charge on any atom is -0.481 e. The molecule has 0 bridgehead atoms. The summed E-state index contributed by atoms with van der Waals surface area (Å²) in [7, 11) is 0. The van der Waals surface area contributed by atoms with Crippen molar-refractivity contribution in [1.29, 1.82) is 0 Å². The molecule has 0 spiro atoms. The van der Waals surface area contributed by atoms with Crippen LogP contribution in [0.4, 0.5) is 0 Å². The van der Waals surface area contributed by atoms with Crippen LogP contribution in [0.2, 0.25) is 0 Å². The summed E-state index contributed by atoms with van der Waals surface area (Å²) in [6.45, 7) is 3.77. The lowest BCUT2D eigenvalue weighted by molar-refractivity contribution is -0.137. The second kappa shape index (κ2) is 7.21. The van der Waals surface area contributed by atoms with Crippen LogP contribution in [-0.4, -0.2) is 46.6 Å². The zero-order valence-electron chi connectivity index (χ0n) is 11.1. The summed E-state index contributed by atoms with van der Waals surface area (Å²) in [5, 5.41) is 12.2. The van der Waals surface area contributed by atoms with Gasteiger partial charge in [0.25, 0.3) is 0 Å². The van der Waals surface area contributed by atoms with Gasteiger partial charge in [-0.2, -0.15) is 0 Å². The highest BCUT2D eigenvalue weighted by molar-refractivity contribution is 5.66. The average molecular weight is 263 g/mol. The third-order valence-electron chi connectivity index (χ3n) is 3.52. The van der Waals surface area contributed by atoms with Crippen LogP contribution >= 0.6 is 0 Å². The molecule has 1 saturated heterocycles. The Morgan fingerprint density at radius 3 is 3.00 bits per heavy atom. The van der Waals surface area contributed by atoms with E-state index in [1.807, 2.05) is 12.1 Å². The number of pyridine rings is 1. The molecule has 0 radical (unpaired) electrons. The topological polar surface area (TPSA) is 65.5 Å². The molecule has 1 aliphatic rings. The fourth-order valence-electron chi connectivity index (χ4n) is 2.49. The molecule has 104 valence electrons. The summed E-state index contributed by atoms with van der Waals surface area (Å²) in [6, 6.07) is 4.34. The molecule has 19 heavy (non-hydrogen) atoms. The first-order valence-electron chi connectivity index (χ1n) is 6.81. The van der Waals surface area contributed by atoms with Gasteiger partial charge in [-0.15, -0.1) is 0 Å². The Morgan fingerprint density at radius 2 is 2.26 bits per heavy atom. The van der Waals surface area contributed by atoms with Gasteiger partial charge in [-0.1, -0.05) is 0 Å². The predicted molar refractivity (Wildman–Crippen MR) is 72.8 cm³/mol. The smallest absolute Gasteiger partial charge is 0.303 e. The molecule has 1 aromatic rings. The molecule has 1 unspecified atom stereocenters. The van der Waals surface area contributed by atoms with Crippen molar-refractivity contribution in [3.63, 3.8) is 0 Å². The number of hydrogen-bond acceptors (Lipinski definition) is 4. The molecule has 2 heterocycles. The summed E-state index contributed by atoms with van der Waals surface area (Å²) >= 11 is 0. The molecule has 1 aliphatic heterocycles. The average Bonchev–Trinajstić information content (AvgIpc) is 2.63. The van der Waals surface area contributed by atoms with Crippen molar-refractivity contribution < 1.29 is 9.90 Å². The zero-order valence-corrected chi connectivity index (χ0v) is 11.1. The number of carboxylic acids is 1. The summed E-state index contributed by atoms with van der Waals surface area (Å²) in [5.41, 5.74) is 1.23. The standard InChI is InChI=1S/C14H21N3O2/c18-14(19)3-2-13-10-16-6-1-9-17(13)11-12-4-7-15-8-5-12/h4-5,7-8,13,16H,1-3,6,9-11H2,(H,18,19). The minimum absolute atomic E-state index is 0.235. The lowest BCUT2D eigenvalue weighted by Crippen LogP contribution is -2.39. The number of hydrogen-bond donors (Lipinski definition) is 2. The second-order valence-corrected chi connectivity index (χ2v) is 4.97. The largest absolute Gasteiger partial charge is 0.481 e. The lowest BCUT2D eigenvalue weighted by Gasteiger charge is -2.29. The van der Waals surface area contributed by atoms with Crippen molar-refractivity contribution in [2.45, 2.75) is 31.8 Å². The zero-order chi connectivity index (χ0) is 13.5. The van der Waals surface area contributed by atoms with Crippen molar-refractivity contribution >= 4 is 5.97 Å². The van der Waals surface area contributed by atoms with Gasteiger partial charge in [0, 0.05) is 44.5 Å². The first-order chi connectivity index (χ1) is 9.25. The van der Waals surface area contributed by atoms with Gasteiger partial charge in [0.15, 0.2) is 0 Å². The van der Waals surface area contributed by atoms with Gasteiger partial charge in [-0.05, 0) is 37.1 Å². The van der Waals surface area contributed by atoms with Gasteiger partial charge in [0.05, 0.1) is 0 Å². The minimum atomic E-state index is -0.715. The van der Waals surface area contributed by atoms with Crippen molar-refractivity contribution in [3.8, 4) is 0 Å². The van der Waals surface area contributed by atoms with E-state index in [1.54, 1.807) is 12.4 Å². The van der Waals surface area contributed by atoms with E-state index in [0.717, 1.165) is 32.6 Å². The maximum Gasteiger partial charge on any atom is 0.303 e. The van der Waals surface area contributed by atoms with Crippen LogP contribution in [0, 0.1) is 0 Å². The SMILES string of the molecule is O=C(O)CCC1CNCCCN1Cc1ccncc1. The van der Waals surface area contributed by atoms with E-state index in [1.165, 1.54) is 5.56 Å². The predicted octanol–water partition coefficient (Wildman–Crippen LogP) is 1.11. The highest BCUT2D eigenvalue weighted by atomic mass is 16.4. The van der Waals surface area contributed by atoms with Gasteiger partial charge >= 0.3 is 5.97 Å². The van der Waals surface area contributed by atoms with E-state index in [2.05, 4.69) is 15.2 Å². The van der Waals surface area contributed by atoms with Gasteiger partial charge < -0.3 is 10.4 Å². The van der Waals surface area contributed by atoms with E-state index < -0.39 is 5.97 Å². The van der Waals surface area contributed by atoms with Gasteiger partial charge in [0.1, 0.15) is 0 Å². The molecule has 0 aliphatic carbocycles. The number of carboxylic acid groups (broad SMARTS) is 1. The van der Waals surface area contributed by atoms with Crippen LogP contribution in [0.1, 0.15) is 24.8 Å². The van der Waals surface area contributed by atoms with E-state index in [4.69, 9.17) is 5.11 Å². The molecule has 2 rings (SSSR count). The third kappa shape index (κ3) is 4.61. The Kier molecular flexibility index (Phi) is 5.30. The monoisotopic (exact) mass is 263 g/mol. The number of aromatic nitrogens is 1.